The highest BCUT2D eigenvalue weighted by molar-refractivity contribution is 6.31. The summed E-state index contributed by atoms with van der Waals surface area (Å²) in [6, 6.07) is 28.7. The van der Waals surface area contributed by atoms with Crippen LogP contribution in [0.5, 0.6) is 0 Å². The van der Waals surface area contributed by atoms with E-state index in [1.54, 1.807) is 0 Å². The van der Waals surface area contributed by atoms with Crippen molar-refractivity contribution in [3.8, 4) is 0 Å². The first-order chi connectivity index (χ1) is 15.1. The summed E-state index contributed by atoms with van der Waals surface area (Å²) in [4.78, 5) is 17.7. The van der Waals surface area contributed by atoms with Crippen LogP contribution in [0.2, 0.25) is 5.02 Å². The summed E-state index contributed by atoms with van der Waals surface area (Å²) in [7, 11) is 1.92. The van der Waals surface area contributed by atoms with Gasteiger partial charge >= 0.3 is 0 Å². The molecule has 0 bridgehead atoms. The first kappa shape index (κ1) is 21.6. The van der Waals surface area contributed by atoms with E-state index in [2.05, 4.69) is 47.4 Å². The molecule has 0 N–H and O–H groups in total. The van der Waals surface area contributed by atoms with Crippen LogP contribution >= 0.6 is 11.6 Å². The lowest BCUT2D eigenvalue weighted by Gasteiger charge is -2.39. The molecule has 1 heterocycles. The molecule has 2 atom stereocenters. The van der Waals surface area contributed by atoms with Gasteiger partial charge in [-0.2, -0.15) is 0 Å². The van der Waals surface area contributed by atoms with Gasteiger partial charge in [0.05, 0.1) is 5.92 Å². The normalized spacial score (nSPS) is 19.2. The number of halogens is 1. The van der Waals surface area contributed by atoms with Gasteiger partial charge in [-0.25, -0.2) is 0 Å². The van der Waals surface area contributed by atoms with Crippen molar-refractivity contribution in [1.29, 1.82) is 0 Å². The Balaban J connectivity index is 1.52. The Hall–Kier alpha value is -2.62. The maximum atomic E-state index is 13.4. The van der Waals surface area contributed by atoms with E-state index < -0.39 is 0 Å². The number of hydrogen-bond acceptors (Lipinski definition) is 2. The number of likely N-dealkylation sites (tertiary alicyclic amines) is 1. The predicted octanol–water partition coefficient (Wildman–Crippen LogP) is 5.60. The molecule has 3 nitrogen and oxygen atoms in total. The van der Waals surface area contributed by atoms with E-state index >= 15 is 0 Å². The summed E-state index contributed by atoms with van der Waals surface area (Å²) < 4.78 is 0. The summed E-state index contributed by atoms with van der Waals surface area (Å²) in [5.41, 5.74) is 3.57. The van der Waals surface area contributed by atoms with Crippen molar-refractivity contribution in [2.45, 2.75) is 25.4 Å². The van der Waals surface area contributed by atoms with Crippen LogP contribution in [0.15, 0.2) is 84.9 Å². The number of carbonyl (C=O) groups excluding carboxylic acids is 1. The number of carbonyl (C=O) groups is 1. The number of nitrogens with zero attached hydrogens (tertiary/aromatic N) is 2. The predicted molar refractivity (Wildman–Crippen MR) is 127 cm³/mol. The van der Waals surface area contributed by atoms with Gasteiger partial charge in [0.25, 0.3) is 0 Å². The molecular formula is C27H29ClN2O. The molecule has 0 aromatic heterocycles. The van der Waals surface area contributed by atoms with Crippen LogP contribution in [0.4, 0.5) is 0 Å². The van der Waals surface area contributed by atoms with Gasteiger partial charge in [-0.15, -0.1) is 0 Å². The minimum absolute atomic E-state index is 0.0323. The molecule has 160 valence electrons. The van der Waals surface area contributed by atoms with Crippen LogP contribution in [0.25, 0.3) is 0 Å². The molecule has 2 unspecified atom stereocenters. The Morgan fingerprint density at radius 3 is 2.29 bits per heavy atom. The number of benzene rings is 3. The molecule has 1 amide bonds. The highest BCUT2D eigenvalue weighted by Gasteiger charge is 2.34. The molecule has 4 rings (SSSR count). The molecule has 1 saturated heterocycles. The Bertz CT molecular complexity index is 992. The fourth-order valence-corrected chi connectivity index (χ4v) is 4.77. The Morgan fingerprint density at radius 2 is 1.58 bits per heavy atom. The van der Waals surface area contributed by atoms with Crippen LogP contribution in [-0.2, 0) is 17.9 Å². The van der Waals surface area contributed by atoms with Crippen molar-refractivity contribution < 1.29 is 4.79 Å². The molecule has 1 aliphatic heterocycles. The Labute approximate surface area is 190 Å². The summed E-state index contributed by atoms with van der Waals surface area (Å²) in [6.45, 7) is 3.08. The molecular weight excluding hydrogens is 404 g/mol. The molecule has 0 aliphatic carbocycles. The molecule has 0 saturated carbocycles. The van der Waals surface area contributed by atoms with Crippen LogP contribution in [0, 0.1) is 5.92 Å². The average Bonchev–Trinajstić information content (AvgIpc) is 2.81. The fourth-order valence-electron chi connectivity index (χ4n) is 4.58. The van der Waals surface area contributed by atoms with Gasteiger partial charge in [-0.1, -0.05) is 90.5 Å². The SMILES string of the molecule is CN(Cc1ccccc1)C(=O)C1CC(c2ccccc2)CN(Cc2ccccc2Cl)C1. The standard InChI is InChI=1S/C27H29ClN2O/c1-29(17-21-10-4-2-5-11-21)27(31)25-16-24(22-12-6-3-7-13-22)19-30(20-25)18-23-14-8-9-15-26(23)28/h2-15,24-25H,16-20H2,1H3. The zero-order valence-electron chi connectivity index (χ0n) is 18.0. The maximum Gasteiger partial charge on any atom is 0.227 e. The van der Waals surface area contributed by atoms with Crippen LogP contribution < -0.4 is 0 Å². The van der Waals surface area contributed by atoms with E-state index in [0.29, 0.717) is 12.5 Å². The van der Waals surface area contributed by atoms with Gasteiger partial charge in [0, 0.05) is 38.2 Å². The van der Waals surface area contributed by atoms with Crippen LogP contribution in [-0.4, -0.2) is 35.8 Å². The third-order valence-electron chi connectivity index (χ3n) is 6.14. The largest absolute Gasteiger partial charge is 0.341 e. The lowest BCUT2D eigenvalue weighted by Crippen LogP contribution is -2.45. The molecule has 3 aromatic carbocycles. The molecule has 1 fully saturated rings. The lowest BCUT2D eigenvalue weighted by atomic mass is 9.83. The highest BCUT2D eigenvalue weighted by Crippen LogP contribution is 2.33. The van der Waals surface area contributed by atoms with Crippen LogP contribution in [0.3, 0.4) is 0 Å². The molecule has 31 heavy (non-hydrogen) atoms. The summed E-state index contributed by atoms with van der Waals surface area (Å²) in [6.07, 6.45) is 0.876. The van der Waals surface area contributed by atoms with Crippen molar-refractivity contribution >= 4 is 17.5 Å². The molecule has 1 aliphatic rings. The monoisotopic (exact) mass is 432 g/mol. The third kappa shape index (κ3) is 5.55. The lowest BCUT2D eigenvalue weighted by molar-refractivity contribution is -0.137. The first-order valence-electron chi connectivity index (χ1n) is 10.9. The van der Waals surface area contributed by atoms with Crippen molar-refractivity contribution in [2.75, 3.05) is 20.1 Å². The van der Waals surface area contributed by atoms with E-state index in [4.69, 9.17) is 11.6 Å². The average molecular weight is 433 g/mol. The number of rotatable bonds is 6. The zero-order chi connectivity index (χ0) is 21.6. The maximum absolute atomic E-state index is 13.4. The summed E-state index contributed by atoms with van der Waals surface area (Å²) in [5, 5.41) is 0.786. The minimum Gasteiger partial charge on any atom is -0.341 e. The van der Waals surface area contributed by atoms with E-state index in [1.165, 1.54) is 5.56 Å². The minimum atomic E-state index is -0.0323. The third-order valence-corrected chi connectivity index (χ3v) is 6.51. The van der Waals surface area contributed by atoms with E-state index in [0.717, 1.165) is 42.2 Å². The second-order valence-corrected chi connectivity index (χ2v) is 8.91. The van der Waals surface area contributed by atoms with E-state index in [9.17, 15) is 4.79 Å². The quantitative estimate of drug-likeness (QED) is 0.505. The van der Waals surface area contributed by atoms with Gasteiger partial charge in [0.2, 0.25) is 5.91 Å². The van der Waals surface area contributed by atoms with Gasteiger partial charge in [-0.3, -0.25) is 9.69 Å². The second-order valence-electron chi connectivity index (χ2n) is 8.51. The van der Waals surface area contributed by atoms with Crippen molar-refractivity contribution in [2.24, 2.45) is 5.92 Å². The van der Waals surface area contributed by atoms with E-state index in [-0.39, 0.29) is 11.8 Å². The topological polar surface area (TPSA) is 23.6 Å². The number of hydrogen-bond donors (Lipinski definition) is 0. The Kier molecular flexibility index (Phi) is 7.06. The van der Waals surface area contributed by atoms with E-state index in [1.807, 2.05) is 54.4 Å². The van der Waals surface area contributed by atoms with Crippen molar-refractivity contribution in [3.05, 3.63) is 107 Å². The van der Waals surface area contributed by atoms with Crippen LogP contribution in [0.1, 0.15) is 29.0 Å². The summed E-state index contributed by atoms with van der Waals surface area (Å²) in [5.74, 6) is 0.514. The van der Waals surface area contributed by atoms with Crippen molar-refractivity contribution in [1.82, 2.24) is 9.80 Å². The molecule has 0 spiro atoms. The second kappa shape index (κ2) is 10.1. The number of piperidine rings is 1. The molecule has 4 heteroatoms. The van der Waals surface area contributed by atoms with Gasteiger partial charge in [0.1, 0.15) is 0 Å². The fraction of sp³-hybridized carbons (Fsp3) is 0.296. The smallest absolute Gasteiger partial charge is 0.227 e. The van der Waals surface area contributed by atoms with Gasteiger partial charge in [-0.05, 0) is 35.1 Å². The van der Waals surface area contributed by atoms with Gasteiger partial charge in [0.15, 0.2) is 0 Å². The van der Waals surface area contributed by atoms with Crippen molar-refractivity contribution in [3.63, 3.8) is 0 Å². The zero-order valence-corrected chi connectivity index (χ0v) is 18.7. The number of amides is 1. The molecule has 0 radical (unpaired) electrons. The molecule has 3 aromatic rings. The van der Waals surface area contributed by atoms with Gasteiger partial charge < -0.3 is 4.90 Å². The summed E-state index contributed by atoms with van der Waals surface area (Å²) >= 11 is 6.43. The first-order valence-corrected chi connectivity index (χ1v) is 11.3. The highest BCUT2D eigenvalue weighted by atomic mass is 35.5. The Morgan fingerprint density at radius 1 is 0.935 bits per heavy atom.